The minimum absolute atomic E-state index is 0.0465. The number of amides is 1. The molecule has 0 fully saturated rings. The van der Waals surface area contributed by atoms with Gasteiger partial charge in [0.1, 0.15) is 12.6 Å². The van der Waals surface area contributed by atoms with Crippen molar-refractivity contribution in [2.24, 2.45) is 0 Å². The molecule has 0 radical (unpaired) electrons. The molecule has 1 aliphatic carbocycles. The Morgan fingerprint density at radius 2 is 1.54 bits per heavy atom. The van der Waals surface area contributed by atoms with E-state index in [0.717, 1.165) is 22.7 Å². The molecule has 3 aromatic carbocycles. The number of esters is 1. The molecule has 0 saturated carbocycles. The molecule has 1 amide bonds. The molecule has 0 heterocycles. The first-order chi connectivity index (χ1) is 17.8. The van der Waals surface area contributed by atoms with Crippen LogP contribution in [0.2, 0.25) is 19.1 Å². The van der Waals surface area contributed by atoms with Crippen LogP contribution in [0.4, 0.5) is 4.79 Å². The van der Waals surface area contributed by atoms with E-state index in [9.17, 15) is 9.59 Å². The standard InChI is InChI=1S/C31H35NO4Si/c1-5-19-37(3,4)23-17-15-22(16-18-23)20-29(30(33)35-6-2)32-31(34)36-21-28-26-13-9-7-11-24(26)25-12-8-10-14-27(25)28/h5,7-18,28-29H,1,6,19-21H2,2-4H3,(H,32,34)/t29-/m0/s1. The van der Waals surface area contributed by atoms with E-state index in [0.29, 0.717) is 6.42 Å². The highest BCUT2D eigenvalue weighted by Crippen LogP contribution is 2.44. The predicted molar refractivity (Wildman–Crippen MR) is 151 cm³/mol. The smallest absolute Gasteiger partial charge is 0.407 e. The van der Waals surface area contributed by atoms with Gasteiger partial charge in [-0.1, -0.05) is 97.2 Å². The van der Waals surface area contributed by atoms with Crippen molar-refractivity contribution in [2.45, 2.75) is 44.4 Å². The molecule has 0 aliphatic heterocycles. The van der Waals surface area contributed by atoms with E-state index in [2.05, 4.69) is 61.4 Å². The molecule has 192 valence electrons. The van der Waals surface area contributed by atoms with Crippen molar-refractivity contribution in [1.82, 2.24) is 5.32 Å². The van der Waals surface area contributed by atoms with Gasteiger partial charge in [0.15, 0.2) is 0 Å². The first-order valence-corrected chi connectivity index (χ1v) is 16.0. The third kappa shape index (κ3) is 6.02. The van der Waals surface area contributed by atoms with Gasteiger partial charge in [-0.3, -0.25) is 0 Å². The van der Waals surface area contributed by atoms with Crippen LogP contribution in [0, 0.1) is 0 Å². The fourth-order valence-electron chi connectivity index (χ4n) is 5.02. The van der Waals surface area contributed by atoms with E-state index in [1.54, 1.807) is 6.92 Å². The largest absolute Gasteiger partial charge is 0.464 e. The van der Waals surface area contributed by atoms with Crippen molar-refractivity contribution in [2.75, 3.05) is 13.2 Å². The van der Waals surface area contributed by atoms with Crippen molar-refractivity contribution in [3.63, 3.8) is 0 Å². The van der Waals surface area contributed by atoms with Crippen LogP contribution in [0.5, 0.6) is 0 Å². The highest BCUT2D eigenvalue weighted by molar-refractivity contribution is 6.90. The first-order valence-electron chi connectivity index (χ1n) is 12.8. The number of fused-ring (bicyclic) bond motifs is 3. The van der Waals surface area contributed by atoms with Gasteiger partial charge in [-0.05, 0) is 40.8 Å². The molecule has 0 unspecified atom stereocenters. The van der Waals surface area contributed by atoms with Crippen LogP contribution in [0.1, 0.15) is 29.5 Å². The Hall–Kier alpha value is -3.64. The van der Waals surface area contributed by atoms with Crippen molar-refractivity contribution in [3.05, 3.63) is 102 Å². The van der Waals surface area contributed by atoms with Gasteiger partial charge < -0.3 is 14.8 Å². The molecule has 5 nitrogen and oxygen atoms in total. The van der Waals surface area contributed by atoms with Gasteiger partial charge in [0, 0.05) is 12.3 Å². The summed E-state index contributed by atoms with van der Waals surface area (Å²) in [4.78, 5) is 25.5. The van der Waals surface area contributed by atoms with Crippen molar-refractivity contribution < 1.29 is 19.1 Å². The van der Waals surface area contributed by atoms with Crippen LogP contribution in [0.15, 0.2) is 85.5 Å². The van der Waals surface area contributed by atoms with Gasteiger partial charge in [0.2, 0.25) is 0 Å². The van der Waals surface area contributed by atoms with Gasteiger partial charge in [-0.2, -0.15) is 0 Å². The average Bonchev–Trinajstić information content (AvgIpc) is 3.21. The SMILES string of the molecule is C=CC[Si](C)(C)c1ccc(C[C@H](NC(=O)OCC2c3ccccc3-c3ccccc32)C(=O)OCC)cc1. The fourth-order valence-corrected chi connectivity index (χ4v) is 7.05. The molecule has 1 atom stereocenters. The topological polar surface area (TPSA) is 64.6 Å². The van der Waals surface area contributed by atoms with E-state index >= 15 is 0 Å². The van der Waals surface area contributed by atoms with Gasteiger partial charge in [0.25, 0.3) is 0 Å². The van der Waals surface area contributed by atoms with Crippen LogP contribution in [0.25, 0.3) is 11.1 Å². The lowest BCUT2D eigenvalue weighted by molar-refractivity contribution is -0.145. The van der Waals surface area contributed by atoms with Crippen LogP contribution in [0.3, 0.4) is 0 Å². The number of ether oxygens (including phenoxy) is 2. The van der Waals surface area contributed by atoms with E-state index in [4.69, 9.17) is 9.47 Å². The molecule has 1 aliphatic rings. The number of rotatable bonds is 10. The van der Waals surface area contributed by atoms with Crippen molar-refractivity contribution in [3.8, 4) is 11.1 Å². The van der Waals surface area contributed by atoms with Crippen LogP contribution < -0.4 is 10.5 Å². The predicted octanol–water partition coefficient (Wildman–Crippen LogP) is 5.80. The van der Waals surface area contributed by atoms with E-state index in [1.807, 2.05) is 42.5 Å². The van der Waals surface area contributed by atoms with Crippen LogP contribution >= 0.6 is 0 Å². The minimum atomic E-state index is -1.58. The summed E-state index contributed by atoms with van der Waals surface area (Å²) in [5.74, 6) is -0.517. The molecule has 6 heteroatoms. The normalized spacial score (nSPS) is 13.3. The Morgan fingerprint density at radius 1 is 0.946 bits per heavy atom. The lowest BCUT2D eigenvalue weighted by Crippen LogP contribution is -2.44. The second kappa shape index (κ2) is 11.6. The molecule has 3 aromatic rings. The lowest BCUT2D eigenvalue weighted by atomic mass is 9.98. The minimum Gasteiger partial charge on any atom is -0.464 e. The van der Waals surface area contributed by atoms with Crippen molar-refractivity contribution in [1.29, 1.82) is 0 Å². The second-order valence-corrected chi connectivity index (χ2v) is 14.8. The van der Waals surface area contributed by atoms with Gasteiger partial charge >= 0.3 is 12.1 Å². The summed E-state index contributed by atoms with van der Waals surface area (Å²) >= 11 is 0. The number of nitrogens with one attached hydrogen (secondary N) is 1. The zero-order valence-electron chi connectivity index (χ0n) is 21.8. The Labute approximate surface area is 220 Å². The Kier molecular flexibility index (Phi) is 8.29. The summed E-state index contributed by atoms with van der Waals surface area (Å²) in [6.07, 6.45) is 1.68. The Morgan fingerprint density at radius 3 is 2.11 bits per heavy atom. The fraction of sp³-hybridized carbons (Fsp3) is 0.290. The van der Waals surface area contributed by atoms with Crippen LogP contribution in [-0.2, 0) is 20.7 Å². The number of allylic oxidation sites excluding steroid dienone is 1. The summed E-state index contributed by atoms with van der Waals surface area (Å²) in [6.45, 7) is 10.7. The average molecular weight is 514 g/mol. The molecule has 4 rings (SSSR count). The van der Waals surface area contributed by atoms with E-state index in [1.165, 1.54) is 16.3 Å². The summed E-state index contributed by atoms with van der Waals surface area (Å²) in [5, 5.41) is 4.07. The molecule has 0 spiro atoms. The maximum absolute atomic E-state index is 12.8. The lowest BCUT2D eigenvalue weighted by Gasteiger charge is -2.22. The quantitative estimate of drug-likeness (QED) is 0.211. The number of carbonyl (C=O) groups is 2. The van der Waals surface area contributed by atoms with Crippen molar-refractivity contribution >= 4 is 25.3 Å². The van der Waals surface area contributed by atoms with Crippen LogP contribution in [-0.4, -0.2) is 39.4 Å². The Bertz CT molecular complexity index is 1220. The number of hydrogen-bond donors (Lipinski definition) is 1. The maximum atomic E-state index is 12.8. The summed E-state index contributed by atoms with van der Waals surface area (Å²) in [6, 6.07) is 24.8. The highest BCUT2D eigenvalue weighted by Gasteiger charge is 2.30. The monoisotopic (exact) mass is 513 g/mol. The third-order valence-electron chi connectivity index (χ3n) is 7.04. The number of alkyl carbamates (subject to hydrolysis) is 1. The zero-order valence-corrected chi connectivity index (χ0v) is 22.8. The number of benzene rings is 3. The van der Waals surface area contributed by atoms with E-state index in [-0.39, 0.29) is 19.1 Å². The van der Waals surface area contributed by atoms with Gasteiger partial charge in [-0.25, -0.2) is 9.59 Å². The summed E-state index contributed by atoms with van der Waals surface area (Å²) < 4.78 is 10.9. The zero-order chi connectivity index (χ0) is 26.4. The van der Waals surface area contributed by atoms with E-state index < -0.39 is 26.2 Å². The first kappa shape index (κ1) is 26.4. The molecule has 0 aromatic heterocycles. The number of carbonyl (C=O) groups excluding carboxylic acids is 2. The molecular weight excluding hydrogens is 478 g/mol. The summed E-state index contributed by atoms with van der Waals surface area (Å²) in [5.41, 5.74) is 5.56. The third-order valence-corrected chi connectivity index (χ3v) is 10.2. The van der Waals surface area contributed by atoms with Gasteiger partial charge in [0.05, 0.1) is 14.7 Å². The molecule has 37 heavy (non-hydrogen) atoms. The Balaban J connectivity index is 1.43. The second-order valence-electron chi connectivity index (χ2n) is 10.1. The molecule has 0 bridgehead atoms. The van der Waals surface area contributed by atoms with Gasteiger partial charge in [-0.15, -0.1) is 6.58 Å². The summed E-state index contributed by atoms with van der Waals surface area (Å²) in [7, 11) is -1.58. The number of hydrogen-bond acceptors (Lipinski definition) is 4. The molecule has 1 N–H and O–H groups in total. The molecular formula is C31H35NO4Si. The highest BCUT2D eigenvalue weighted by atomic mass is 28.3. The molecule has 0 saturated heterocycles. The maximum Gasteiger partial charge on any atom is 0.407 e.